The van der Waals surface area contributed by atoms with Crippen LogP contribution in [0.4, 0.5) is 0 Å². The van der Waals surface area contributed by atoms with Gasteiger partial charge in [-0.3, -0.25) is 4.79 Å². The van der Waals surface area contributed by atoms with Crippen molar-refractivity contribution in [2.24, 2.45) is 0 Å². The maximum absolute atomic E-state index is 12.4. The molecule has 0 N–H and O–H groups in total. The third kappa shape index (κ3) is 2.72. The number of Topliss-reactive ketones (excluding diaryl/α,β-unsaturated/α-hetero) is 1. The maximum Gasteiger partial charge on any atom is 0.339 e. The summed E-state index contributed by atoms with van der Waals surface area (Å²) in [7, 11) is 0. The molecule has 3 rings (SSSR count). The minimum absolute atomic E-state index is 0.0578. The number of fused-ring (bicyclic) bond motifs is 1. The fourth-order valence-corrected chi connectivity index (χ4v) is 2.56. The maximum atomic E-state index is 12.4. The van der Waals surface area contributed by atoms with Crippen LogP contribution in [0, 0.1) is 0 Å². The number of carbonyl (C=O) groups excluding carboxylic acids is 2. The first-order valence-corrected chi connectivity index (χ1v) is 7.25. The van der Waals surface area contributed by atoms with Crippen LogP contribution in [0.2, 0.25) is 0 Å². The molecule has 1 aliphatic heterocycles. The van der Waals surface area contributed by atoms with E-state index >= 15 is 0 Å². The second kappa shape index (κ2) is 6.02. The summed E-state index contributed by atoms with van der Waals surface area (Å²) >= 11 is 0. The van der Waals surface area contributed by atoms with E-state index in [9.17, 15) is 9.59 Å². The largest absolute Gasteiger partial charge is 0.494 e. The van der Waals surface area contributed by atoms with Gasteiger partial charge in [-0.2, -0.15) is 0 Å². The number of cyclic esters (lactones) is 1. The van der Waals surface area contributed by atoms with E-state index in [2.05, 4.69) is 0 Å². The molecular weight excluding hydrogens is 280 g/mol. The lowest BCUT2D eigenvalue weighted by molar-refractivity contribution is 0.0367. The highest BCUT2D eigenvalue weighted by Gasteiger charge is 2.32. The first kappa shape index (κ1) is 14.3. The monoisotopic (exact) mass is 296 g/mol. The lowest BCUT2D eigenvalue weighted by Crippen LogP contribution is -2.07. The molecule has 2 aromatic carbocycles. The molecule has 1 atom stereocenters. The van der Waals surface area contributed by atoms with E-state index in [0.29, 0.717) is 17.7 Å². The fraction of sp³-hybridized carbons (Fsp3) is 0.222. The summed E-state index contributed by atoms with van der Waals surface area (Å²) in [6.45, 7) is 2.49. The van der Waals surface area contributed by atoms with Gasteiger partial charge in [-0.15, -0.1) is 0 Å². The van der Waals surface area contributed by atoms with Crippen LogP contribution in [0.3, 0.4) is 0 Å². The van der Waals surface area contributed by atoms with Crippen LogP contribution < -0.4 is 4.74 Å². The van der Waals surface area contributed by atoms with Crippen LogP contribution in [-0.2, 0) is 4.74 Å². The van der Waals surface area contributed by atoms with Crippen LogP contribution in [-0.4, -0.2) is 18.4 Å². The van der Waals surface area contributed by atoms with Crippen molar-refractivity contribution < 1.29 is 19.1 Å². The van der Waals surface area contributed by atoms with Gasteiger partial charge in [0.25, 0.3) is 0 Å². The molecule has 0 saturated heterocycles. The molecule has 2 aromatic rings. The molecule has 0 radical (unpaired) electrons. The molecule has 0 spiro atoms. The van der Waals surface area contributed by atoms with Gasteiger partial charge in [0.05, 0.1) is 18.6 Å². The van der Waals surface area contributed by atoms with Crippen LogP contribution >= 0.6 is 0 Å². The zero-order valence-corrected chi connectivity index (χ0v) is 12.2. The van der Waals surface area contributed by atoms with Crippen molar-refractivity contribution in [2.75, 3.05) is 6.61 Å². The topological polar surface area (TPSA) is 52.6 Å². The van der Waals surface area contributed by atoms with Crippen molar-refractivity contribution >= 4 is 11.8 Å². The summed E-state index contributed by atoms with van der Waals surface area (Å²) in [5.74, 6) is 0.314. The number of carbonyl (C=O) groups is 2. The van der Waals surface area contributed by atoms with Crippen LogP contribution in [0.15, 0.2) is 48.5 Å². The second-order valence-corrected chi connectivity index (χ2v) is 5.07. The van der Waals surface area contributed by atoms with E-state index < -0.39 is 6.10 Å². The number of esters is 1. The minimum atomic E-state index is -0.497. The number of hydrogen-bond donors (Lipinski definition) is 0. The average molecular weight is 296 g/mol. The Morgan fingerprint density at radius 1 is 1.14 bits per heavy atom. The van der Waals surface area contributed by atoms with Gasteiger partial charge >= 0.3 is 5.97 Å². The van der Waals surface area contributed by atoms with E-state index in [-0.39, 0.29) is 18.2 Å². The van der Waals surface area contributed by atoms with E-state index in [4.69, 9.17) is 9.47 Å². The summed E-state index contributed by atoms with van der Waals surface area (Å²) in [6.07, 6.45) is -0.348. The Kier molecular flexibility index (Phi) is 3.92. The Morgan fingerprint density at radius 2 is 1.86 bits per heavy atom. The van der Waals surface area contributed by atoms with Gasteiger partial charge in [-0.05, 0) is 37.3 Å². The average Bonchev–Trinajstić information content (AvgIpc) is 2.85. The number of ketones is 1. The van der Waals surface area contributed by atoms with Gasteiger partial charge in [-0.25, -0.2) is 4.79 Å². The molecule has 22 heavy (non-hydrogen) atoms. The minimum Gasteiger partial charge on any atom is -0.494 e. The summed E-state index contributed by atoms with van der Waals surface area (Å²) < 4.78 is 10.7. The molecule has 4 nitrogen and oxygen atoms in total. The Morgan fingerprint density at radius 3 is 2.59 bits per heavy atom. The molecule has 4 heteroatoms. The number of benzene rings is 2. The SMILES string of the molecule is CCOc1ccc(C(=O)C[C@@H]2OC(=O)c3ccccc32)cc1. The second-order valence-electron chi connectivity index (χ2n) is 5.07. The molecule has 0 fully saturated rings. The highest BCUT2D eigenvalue weighted by Crippen LogP contribution is 2.33. The molecule has 112 valence electrons. The van der Waals surface area contributed by atoms with E-state index in [1.807, 2.05) is 19.1 Å². The van der Waals surface area contributed by atoms with Crippen molar-refractivity contribution in [1.29, 1.82) is 0 Å². The summed E-state index contributed by atoms with van der Waals surface area (Å²) in [4.78, 5) is 24.1. The standard InChI is InChI=1S/C18H16O4/c1-2-21-13-9-7-12(8-10-13)16(19)11-17-14-5-3-4-6-15(14)18(20)22-17/h3-10,17H,2,11H2,1H3/t17-/m0/s1. The Labute approximate surface area is 128 Å². The van der Waals surface area contributed by atoms with Crippen molar-refractivity contribution in [2.45, 2.75) is 19.4 Å². The first-order chi connectivity index (χ1) is 10.7. The molecule has 0 aromatic heterocycles. The van der Waals surface area contributed by atoms with Crippen molar-refractivity contribution in [3.05, 3.63) is 65.2 Å². The lowest BCUT2D eigenvalue weighted by atomic mass is 9.98. The van der Waals surface area contributed by atoms with E-state index in [1.165, 1.54) is 0 Å². The number of hydrogen-bond acceptors (Lipinski definition) is 4. The third-order valence-corrected chi connectivity index (χ3v) is 3.63. The molecule has 0 saturated carbocycles. The molecular formula is C18H16O4. The predicted octanol–water partition coefficient (Wildman–Crippen LogP) is 3.57. The van der Waals surface area contributed by atoms with Gasteiger partial charge in [-0.1, -0.05) is 18.2 Å². The van der Waals surface area contributed by atoms with Gasteiger partial charge in [0.2, 0.25) is 0 Å². The van der Waals surface area contributed by atoms with Crippen LogP contribution in [0.25, 0.3) is 0 Å². The zero-order chi connectivity index (χ0) is 15.5. The molecule has 0 unspecified atom stereocenters. The number of ether oxygens (including phenoxy) is 2. The summed E-state index contributed by atoms with van der Waals surface area (Å²) in [6, 6.07) is 14.2. The van der Waals surface area contributed by atoms with E-state index in [1.54, 1.807) is 36.4 Å². The highest BCUT2D eigenvalue weighted by molar-refractivity contribution is 5.99. The molecule has 0 amide bonds. The zero-order valence-electron chi connectivity index (χ0n) is 12.2. The van der Waals surface area contributed by atoms with Gasteiger partial charge in [0.1, 0.15) is 11.9 Å². The Bertz CT molecular complexity index is 703. The van der Waals surface area contributed by atoms with E-state index in [0.717, 1.165) is 11.3 Å². The number of rotatable bonds is 5. The third-order valence-electron chi connectivity index (χ3n) is 3.63. The fourth-order valence-electron chi connectivity index (χ4n) is 2.56. The highest BCUT2D eigenvalue weighted by atomic mass is 16.5. The quantitative estimate of drug-likeness (QED) is 0.625. The molecule has 1 heterocycles. The van der Waals surface area contributed by atoms with Crippen molar-refractivity contribution in [1.82, 2.24) is 0 Å². The van der Waals surface area contributed by atoms with Crippen LogP contribution in [0.5, 0.6) is 5.75 Å². The normalized spacial score (nSPS) is 16.0. The van der Waals surface area contributed by atoms with Gasteiger partial charge < -0.3 is 9.47 Å². The van der Waals surface area contributed by atoms with Crippen molar-refractivity contribution in [3.63, 3.8) is 0 Å². The molecule has 0 aliphatic carbocycles. The van der Waals surface area contributed by atoms with Gasteiger partial charge in [0, 0.05) is 11.1 Å². The Hall–Kier alpha value is -2.62. The molecule has 0 bridgehead atoms. The first-order valence-electron chi connectivity index (χ1n) is 7.25. The smallest absolute Gasteiger partial charge is 0.339 e. The lowest BCUT2D eigenvalue weighted by Gasteiger charge is -2.10. The molecule has 1 aliphatic rings. The van der Waals surface area contributed by atoms with Crippen LogP contribution in [0.1, 0.15) is 45.7 Å². The Balaban J connectivity index is 1.74. The van der Waals surface area contributed by atoms with Crippen molar-refractivity contribution in [3.8, 4) is 5.75 Å². The predicted molar refractivity (Wildman–Crippen MR) is 81.2 cm³/mol. The van der Waals surface area contributed by atoms with Gasteiger partial charge in [0.15, 0.2) is 5.78 Å². The summed E-state index contributed by atoms with van der Waals surface area (Å²) in [5.41, 5.74) is 1.92. The summed E-state index contributed by atoms with van der Waals surface area (Å²) in [5, 5.41) is 0.